The fourth-order valence-corrected chi connectivity index (χ4v) is 6.87. The molecule has 0 amide bonds. The molecule has 0 aliphatic rings. The Labute approximate surface area is 293 Å². The number of hydrogen-bond donors (Lipinski definition) is 1. The molecule has 0 radical (unpaired) electrons. The quantitative estimate of drug-likeness (QED) is 0.0865. The van der Waals surface area contributed by atoms with E-state index in [1.165, 1.54) is 6.04 Å². The monoisotopic (exact) mass is 850 g/mol. The fourth-order valence-electron chi connectivity index (χ4n) is 2.92. The highest BCUT2D eigenvalue weighted by Crippen LogP contribution is 2.27. The van der Waals surface area contributed by atoms with Crippen LogP contribution in [0.2, 0.25) is 51.4 Å². The predicted molar refractivity (Wildman–Crippen MR) is 196 cm³/mol. The summed E-state index contributed by atoms with van der Waals surface area (Å²) in [5.74, 6) is 0. The van der Waals surface area contributed by atoms with Crippen molar-refractivity contribution >= 4 is 88.3 Å². The van der Waals surface area contributed by atoms with Gasteiger partial charge in [0.1, 0.15) is 13.5 Å². The molecule has 43 heavy (non-hydrogen) atoms. The predicted octanol–water partition coefficient (Wildman–Crippen LogP) is 9.59. The Morgan fingerprint density at radius 1 is 0.698 bits per heavy atom. The maximum absolute atomic E-state index is 5.75. The molecule has 0 saturated heterocycles. The van der Waals surface area contributed by atoms with Gasteiger partial charge in [-0.2, -0.15) is 9.97 Å². The van der Waals surface area contributed by atoms with Gasteiger partial charge in [0.25, 0.3) is 0 Å². The second-order valence-corrected chi connectivity index (χ2v) is 26.7. The molecular formula is C28H41Br3N6O2S2Si2. The van der Waals surface area contributed by atoms with E-state index in [9.17, 15) is 0 Å². The standard InChI is InChI=1S/C14H20BrN3OSSi.C8H15Br2N3OSi.C6H6S/c1-21(2,3)10-9-19-11-18-14(16-13(15)17-18)20-12-7-5-4-6-8-12;1-15(2,3)5-4-14-6-13-8(10)11-7(9)12-13;7-6-4-2-1-3-5-6/h4-8H,9-11H2,1-3H3;4-6H2,1-3H3;1-5,7H. The molecule has 0 atom stereocenters. The van der Waals surface area contributed by atoms with Gasteiger partial charge in [0.05, 0.1) is 0 Å². The van der Waals surface area contributed by atoms with Gasteiger partial charge in [-0.05, 0) is 84.1 Å². The molecule has 0 fully saturated rings. The van der Waals surface area contributed by atoms with Gasteiger partial charge < -0.3 is 9.47 Å². The van der Waals surface area contributed by atoms with Crippen LogP contribution in [0.1, 0.15) is 0 Å². The molecule has 8 nitrogen and oxygen atoms in total. The lowest BCUT2D eigenvalue weighted by Gasteiger charge is -2.15. The third kappa shape index (κ3) is 18.1. The van der Waals surface area contributed by atoms with Crippen molar-refractivity contribution in [3.8, 4) is 0 Å². The zero-order chi connectivity index (χ0) is 31.9. The second kappa shape index (κ2) is 19.7. The maximum atomic E-state index is 5.75. The van der Waals surface area contributed by atoms with E-state index in [2.05, 4.69) is 132 Å². The lowest BCUT2D eigenvalue weighted by molar-refractivity contribution is 0.0718. The summed E-state index contributed by atoms with van der Waals surface area (Å²) in [6, 6.07) is 22.3. The first-order valence-corrected chi connectivity index (χ1v) is 24.8. The highest BCUT2D eigenvalue weighted by atomic mass is 79.9. The molecule has 0 aliphatic heterocycles. The lowest BCUT2D eigenvalue weighted by Crippen LogP contribution is -2.22. The minimum Gasteiger partial charge on any atom is -0.359 e. The molecule has 236 valence electrons. The first-order valence-electron chi connectivity index (χ1n) is 13.7. The summed E-state index contributed by atoms with van der Waals surface area (Å²) in [6.07, 6.45) is 0. The third-order valence-corrected chi connectivity index (χ3v) is 11.3. The molecule has 4 rings (SSSR count). The van der Waals surface area contributed by atoms with Gasteiger partial charge >= 0.3 is 0 Å². The molecule has 0 bridgehead atoms. The molecule has 0 spiro atoms. The summed E-state index contributed by atoms with van der Waals surface area (Å²) in [5.41, 5.74) is 0. The first kappa shape index (κ1) is 38.4. The highest BCUT2D eigenvalue weighted by molar-refractivity contribution is 9.11. The first-order chi connectivity index (χ1) is 20.2. The summed E-state index contributed by atoms with van der Waals surface area (Å²) in [7, 11) is -2.04. The van der Waals surface area contributed by atoms with Crippen LogP contribution in [-0.2, 0) is 22.9 Å². The SMILES string of the molecule is C[Si](C)(C)CCOCn1nc(Br)nc1Br.C[Si](C)(C)CCOCn1nc(Br)nc1Sc1ccccc1.Sc1ccccc1. The van der Waals surface area contributed by atoms with Crippen LogP contribution in [0.15, 0.2) is 89.8 Å². The van der Waals surface area contributed by atoms with E-state index in [4.69, 9.17) is 9.47 Å². The average molecular weight is 854 g/mol. The molecule has 2 aromatic carbocycles. The van der Waals surface area contributed by atoms with Gasteiger partial charge in [0, 0.05) is 39.2 Å². The Balaban J connectivity index is 0.000000254. The topological polar surface area (TPSA) is 79.9 Å². The van der Waals surface area contributed by atoms with Crippen molar-refractivity contribution in [1.82, 2.24) is 29.5 Å². The van der Waals surface area contributed by atoms with Crippen LogP contribution in [0.25, 0.3) is 0 Å². The van der Waals surface area contributed by atoms with Crippen molar-refractivity contribution in [2.45, 2.75) is 79.8 Å². The summed E-state index contributed by atoms with van der Waals surface area (Å²) < 4.78 is 16.6. The van der Waals surface area contributed by atoms with Gasteiger partial charge in [0.15, 0.2) is 9.89 Å². The molecule has 0 unspecified atom stereocenters. The van der Waals surface area contributed by atoms with Crippen molar-refractivity contribution < 1.29 is 9.47 Å². The zero-order valence-corrected chi connectivity index (χ0v) is 34.0. The summed E-state index contributed by atoms with van der Waals surface area (Å²) in [6.45, 7) is 16.5. The molecular weight excluding hydrogens is 812 g/mol. The van der Waals surface area contributed by atoms with Crippen molar-refractivity contribution in [1.29, 1.82) is 0 Å². The molecule has 15 heteroatoms. The van der Waals surface area contributed by atoms with Crippen LogP contribution in [-0.4, -0.2) is 58.9 Å². The van der Waals surface area contributed by atoms with Crippen molar-refractivity contribution in [2.24, 2.45) is 0 Å². The van der Waals surface area contributed by atoms with E-state index in [1.54, 1.807) is 21.1 Å². The minimum atomic E-state index is -1.05. The van der Waals surface area contributed by atoms with Crippen LogP contribution in [0.5, 0.6) is 0 Å². The number of hydrogen-bond acceptors (Lipinski definition) is 8. The highest BCUT2D eigenvalue weighted by Gasteiger charge is 2.14. The van der Waals surface area contributed by atoms with E-state index in [0.29, 0.717) is 27.7 Å². The fraction of sp³-hybridized carbons (Fsp3) is 0.429. The van der Waals surface area contributed by atoms with Gasteiger partial charge in [0.2, 0.25) is 9.47 Å². The number of thiol groups is 1. The Morgan fingerprint density at radius 3 is 1.60 bits per heavy atom. The molecule has 0 aliphatic carbocycles. The molecule has 4 aromatic rings. The number of aromatic nitrogens is 6. The van der Waals surface area contributed by atoms with E-state index in [-0.39, 0.29) is 0 Å². The summed E-state index contributed by atoms with van der Waals surface area (Å²) >= 11 is 15.5. The molecule has 2 heterocycles. The number of benzene rings is 2. The summed E-state index contributed by atoms with van der Waals surface area (Å²) in [5, 5.41) is 9.27. The van der Waals surface area contributed by atoms with Gasteiger partial charge in [-0.25, -0.2) is 9.36 Å². The van der Waals surface area contributed by atoms with Crippen molar-refractivity contribution in [3.05, 3.63) is 74.9 Å². The van der Waals surface area contributed by atoms with Crippen LogP contribution >= 0.6 is 72.2 Å². The van der Waals surface area contributed by atoms with E-state index in [1.807, 2.05) is 48.5 Å². The Morgan fingerprint density at radius 2 is 1.16 bits per heavy atom. The van der Waals surface area contributed by atoms with Crippen LogP contribution in [0.3, 0.4) is 0 Å². The van der Waals surface area contributed by atoms with Gasteiger partial charge in [-0.15, -0.1) is 22.8 Å². The molecule has 2 aromatic heterocycles. The number of nitrogens with zero attached hydrogens (tertiary/aromatic N) is 6. The minimum absolute atomic E-state index is 0.443. The Bertz CT molecular complexity index is 1340. The second-order valence-electron chi connectivity index (χ2n) is 11.8. The molecule has 0 saturated carbocycles. The van der Waals surface area contributed by atoms with Crippen molar-refractivity contribution in [2.75, 3.05) is 13.2 Å². The van der Waals surface area contributed by atoms with Crippen LogP contribution < -0.4 is 0 Å². The smallest absolute Gasteiger partial charge is 0.218 e. The normalized spacial score (nSPS) is 11.4. The van der Waals surface area contributed by atoms with E-state index < -0.39 is 16.1 Å². The largest absolute Gasteiger partial charge is 0.359 e. The lowest BCUT2D eigenvalue weighted by atomic mass is 10.4. The number of halogens is 3. The maximum Gasteiger partial charge on any atom is 0.218 e. The zero-order valence-electron chi connectivity index (χ0n) is 25.5. The molecule has 0 N–H and O–H groups in total. The Kier molecular flexibility index (Phi) is 17.6. The number of rotatable bonds is 12. The van der Waals surface area contributed by atoms with Gasteiger partial charge in [-0.1, -0.05) is 87.4 Å². The summed E-state index contributed by atoms with van der Waals surface area (Å²) in [4.78, 5) is 10.6. The third-order valence-electron chi connectivity index (χ3n) is 5.34. The van der Waals surface area contributed by atoms with E-state index in [0.717, 1.165) is 34.2 Å². The number of ether oxygens (including phenoxy) is 2. The van der Waals surface area contributed by atoms with Crippen LogP contribution in [0, 0.1) is 0 Å². The van der Waals surface area contributed by atoms with Crippen LogP contribution in [0.4, 0.5) is 0 Å². The average Bonchev–Trinajstić information content (AvgIpc) is 3.44. The Hall–Kier alpha value is -0.786. The van der Waals surface area contributed by atoms with Gasteiger partial charge in [-0.3, -0.25) is 0 Å². The van der Waals surface area contributed by atoms with Crippen molar-refractivity contribution in [3.63, 3.8) is 0 Å². The van der Waals surface area contributed by atoms with E-state index >= 15 is 0 Å².